The minimum Gasteiger partial charge on any atom is -0.393 e. The van der Waals surface area contributed by atoms with Crippen molar-refractivity contribution in [2.24, 2.45) is 46.3 Å². The summed E-state index contributed by atoms with van der Waals surface area (Å²) in [6, 6.07) is 0. The van der Waals surface area contributed by atoms with Crippen LogP contribution in [0, 0.1) is 46.3 Å². The Morgan fingerprint density at radius 3 is 2.41 bits per heavy atom. The van der Waals surface area contributed by atoms with Crippen LogP contribution in [0.3, 0.4) is 0 Å². The lowest BCUT2D eigenvalue weighted by Gasteiger charge is -2.55. The quantitative estimate of drug-likeness (QED) is 0.484. The number of hydrogen-bond donors (Lipinski definition) is 1. The average Bonchev–Trinajstić information content (AvgIpc) is 3.03. The first-order valence-electron chi connectivity index (χ1n) is 12.8. The number of rotatable bonds is 4. The van der Waals surface area contributed by atoms with E-state index in [1.807, 2.05) is 11.1 Å². The molecule has 0 radical (unpaired) electrons. The maximum absolute atomic E-state index is 10.2. The van der Waals surface area contributed by atoms with E-state index >= 15 is 0 Å². The molecule has 0 bridgehead atoms. The van der Waals surface area contributed by atoms with Crippen LogP contribution < -0.4 is 0 Å². The first-order chi connectivity index (χ1) is 13.7. The molecule has 1 nitrogen and oxygen atoms in total. The van der Waals surface area contributed by atoms with Crippen LogP contribution in [0.2, 0.25) is 0 Å². The topological polar surface area (TPSA) is 20.2 Å². The van der Waals surface area contributed by atoms with E-state index in [0.29, 0.717) is 22.7 Å². The van der Waals surface area contributed by atoms with Gasteiger partial charge in [0.2, 0.25) is 0 Å². The molecule has 8 atom stereocenters. The Morgan fingerprint density at radius 2 is 1.69 bits per heavy atom. The van der Waals surface area contributed by atoms with Crippen LogP contribution in [-0.4, -0.2) is 11.2 Å². The number of allylic oxidation sites excluding steroid dienone is 4. The molecule has 0 heterocycles. The zero-order valence-electron chi connectivity index (χ0n) is 20.0. The van der Waals surface area contributed by atoms with Crippen LogP contribution in [0.5, 0.6) is 0 Å². The van der Waals surface area contributed by atoms with E-state index in [4.69, 9.17) is 0 Å². The maximum Gasteiger partial charge on any atom is 0.0543 e. The van der Waals surface area contributed by atoms with Gasteiger partial charge < -0.3 is 5.11 Å². The van der Waals surface area contributed by atoms with Crippen molar-refractivity contribution in [2.45, 2.75) is 105 Å². The first-order valence-corrected chi connectivity index (χ1v) is 12.8. The van der Waals surface area contributed by atoms with Crippen molar-refractivity contribution in [2.75, 3.05) is 0 Å². The Morgan fingerprint density at radius 1 is 0.931 bits per heavy atom. The Hall–Kier alpha value is -0.560. The molecular formula is C28H46O. The zero-order chi connectivity index (χ0) is 21.0. The number of aliphatic hydroxyl groups is 1. The predicted molar refractivity (Wildman–Crippen MR) is 124 cm³/mol. The summed E-state index contributed by atoms with van der Waals surface area (Å²) in [5.41, 5.74) is 4.65. The SMILES string of the molecule is CC(C)[C@H](C)/C=C/[C@@H](C)C1CCC2C3=C(CCC21C)C1(C)CC[C@H](O)C[C@@H]1CC3. The molecule has 0 spiro atoms. The average molecular weight is 399 g/mol. The van der Waals surface area contributed by atoms with E-state index in [1.54, 1.807) is 0 Å². The summed E-state index contributed by atoms with van der Waals surface area (Å²) in [6.45, 7) is 14.7. The van der Waals surface area contributed by atoms with Crippen LogP contribution in [0.1, 0.15) is 99.3 Å². The molecule has 0 aromatic heterocycles. The van der Waals surface area contributed by atoms with Gasteiger partial charge in [0.15, 0.2) is 0 Å². The van der Waals surface area contributed by atoms with Crippen molar-refractivity contribution in [1.29, 1.82) is 0 Å². The summed E-state index contributed by atoms with van der Waals surface area (Å²) in [4.78, 5) is 0. The van der Waals surface area contributed by atoms with Crippen molar-refractivity contribution >= 4 is 0 Å². The van der Waals surface area contributed by atoms with E-state index in [9.17, 15) is 5.11 Å². The molecule has 0 aliphatic heterocycles. The lowest BCUT2D eigenvalue weighted by atomic mass is 9.50. The Balaban J connectivity index is 1.56. The molecule has 4 unspecified atom stereocenters. The fourth-order valence-corrected chi connectivity index (χ4v) is 8.05. The van der Waals surface area contributed by atoms with Gasteiger partial charge in [-0.3, -0.25) is 0 Å². The summed E-state index contributed by atoms with van der Waals surface area (Å²) >= 11 is 0. The molecule has 1 heteroatoms. The van der Waals surface area contributed by atoms with Crippen molar-refractivity contribution in [3.63, 3.8) is 0 Å². The fourth-order valence-electron chi connectivity index (χ4n) is 8.05. The Kier molecular flexibility index (Phi) is 5.86. The number of hydrogen-bond acceptors (Lipinski definition) is 1. The second kappa shape index (κ2) is 7.85. The highest BCUT2D eigenvalue weighted by Crippen LogP contribution is 2.65. The van der Waals surface area contributed by atoms with Crippen LogP contribution in [0.4, 0.5) is 0 Å². The molecule has 4 aliphatic carbocycles. The molecule has 29 heavy (non-hydrogen) atoms. The minimum atomic E-state index is -0.0409. The predicted octanol–water partition coefficient (Wildman–Crippen LogP) is 7.55. The van der Waals surface area contributed by atoms with Gasteiger partial charge in [0.05, 0.1) is 6.10 Å². The molecule has 4 rings (SSSR count). The lowest BCUT2D eigenvalue weighted by Crippen LogP contribution is -2.45. The van der Waals surface area contributed by atoms with Crippen molar-refractivity contribution in [1.82, 2.24) is 0 Å². The van der Waals surface area contributed by atoms with Gasteiger partial charge in [-0.15, -0.1) is 0 Å². The molecule has 0 saturated heterocycles. The molecule has 4 aliphatic rings. The van der Waals surface area contributed by atoms with Gasteiger partial charge >= 0.3 is 0 Å². The smallest absolute Gasteiger partial charge is 0.0543 e. The fraction of sp³-hybridized carbons (Fsp3) is 0.857. The molecular weight excluding hydrogens is 352 g/mol. The van der Waals surface area contributed by atoms with Gasteiger partial charge in [-0.2, -0.15) is 0 Å². The van der Waals surface area contributed by atoms with Gasteiger partial charge in [0.1, 0.15) is 0 Å². The second-order valence-corrected chi connectivity index (χ2v) is 12.2. The minimum absolute atomic E-state index is 0.0409. The molecule has 0 amide bonds. The molecule has 0 aromatic carbocycles. The van der Waals surface area contributed by atoms with E-state index in [1.165, 1.54) is 44.9 Å². The molecule has 2 saturated carbocycles. The maximum atomic E-state index is 10.2. The van der Waals surface area contributed by atoms with Gasteiger partial charge in [-0.05, 0) is 104 Å². The van der Waals surface area contributed by atoms with Crippen LogP contribution in [0.25, 0.3) is 0 Å². The van der Waals surface area contributed by atoms with E-state index in [-0.39, 0.29) is 6.10 Å². The van der Waals surface area contributed by atoms with Crippen LogP contribution in [-0.2, 0) is 0 Å². The lowest BCUT2D eigenvalue weighted by molar-refractivity contribution is 0.0145. The standard InChI is InChI=1S/C28H46O/c1-18(2)19(3)7-8-20(4)24-11-12-25-23-10-9-21-17-22(29)13-15-27(21,5)26(23)14-16-28(24,25)6/h7-8,18-22,24-25,29H,9-17H2,1-6H3/b8-7+/t19-,20-,21+,22+,24?,25?,27?,28?/m1/s1. The van der Waals surface area contributed by atoms with Crippen molar-refractivity contribution in [3.8, 4) is 0 Å². The second-order valence-electron chi connectivity index (χ2n) is 12.2. The van der Waals surface area contributed by atoms with Gasteiger partial charge in [-0.25, -0.2) is 0 Å². The molecule has 2 fully saturated rings. The number of aliphatic hydroxyl groups excluding tert-OH is 1. The third kappa shape index (κ3) is 3.58. The number of fused-ring (bicyclic) bond motifs is 4. The highest BCUT2D eigenvalue weighted by Gasteiger charge is 2.55. The highest BCUT2D eigenvalue weighted by atomic mass is 16.3. The summed E-state index contributed by atoms with van der Waals surface area (Å²) in [5, 5.41) is 10.2. The molecule has 1 N–H and O–H groups in total. The van der Waals surface area contributed by atoms with Gasteiger partial charge in [-0.1, -0.05) is 64.8 Å². The summed E-state index contributed by atoms with van der Waals surface area (Å²) in [6.07, 6.45) is 16.5. The van der Waals surface area contributed by atoms with E-state index in [0.717, 1.165) is 36.5 Å². The van der Waals surface area contributed by atoms with Crippen molar-refractivity contribution < 1.29 is 5.11 Å². The first kappa shape index (κ1) is 21.7. The van der Waals surface area contributed by atoms with Crippen molar-refractivity contribution in [3.05, 3.63) is 23.3 Å². The normalized spacial score (nSPS) is 44.6. The third-order valence-electron chi connectivity index (χ3n) is 10.4. The van der Waals surface area contributed by atoms with E-state index in [2.05, 4.69) is 53.7 Å². The largest absolute Gasteiger partial charge is 0.393 e. The monoisotopic (exact) mass is 398 g/mol. The van der Waals surface area contributed by atoms with E-state index < -0.39 is 0 Å². The summed E-state index contributed by atoms with van der Waals surface area (Å²) in [7, 11) is 0. The summed E-state index contributed by atoms with van der Waals surface area (Å²) < 4.78 is 0. The Bertz CT molecular complexity index is 672. The summed E-state index contributed by atoms with van der Waals surface area (Å²) in [5.74, 6) is 4.52. The van der Waals surface area contributed by atoms with Gasteiger partial charge in [0, 0.05) is 0 Å². The van der Waals surface area contributed by atoms with Gasteiger partial charge in [0.25, 0.3) is 0 Å². The van der Waals surface area contributed by atoms with Crippen LogP contribution in [0.15, 0.2) is 23.3 Å². The highest BCUT2D eigenvalue weighted by molar-refractivity contribution is 5.34. The third-order valence-corrected chi connectivity index (χ3v) is 10.4. The Labute approximate surface area is 180 Å². The molecule has 0 aromatic rings. The molecule has 164 valence electrons. The zero-order valence-corrected chi connectivity index (χ0v) is 20.0. The van der Waals surface area contributed by atoms with Crippen LogP contribution >= 0.6 is 0 Å².